The van der Waals surface area contributed by atoms with E-state index < -0.39 is 0 Å². The molecule has 1 saturated heterocycles. The normalized spacial score (nSPS) is 21.2. The molecule has 5 rings (SSSR count). The van der Waals surface area contributed by atoms with E-state index in [1.807, 2.05) is 35.2 Å². The number of amides is 1. The largest absolute Gasteiger partial charge is 0.486 e. The molecule has 3 aliphatic rings. The van der Waals surface area contributed by atoms with E-state index in [-0.39, 0.29) is 12.7 Å². The lowest BCUT2D eigenvalue weighted by Gasteiger charge is -2.29. The van der Waals surface area contributed by atoms with Gasteiger partial charge < -0.3 is 28.7 Å². The van der Waals surface area contributed by atoms with Gasteiger partial charge in [-0.25, -0.2) is 0 Å². The Morgan fingerprint density at radius 2 is 1.74 bits per heavy atom. The van der Waals surface area contributed by atoms with E-state index in [4.69, 9.17) is 18.9 Å². The van der Waals surface area contributed by atoms with E-state index in [1.165, 1.54) is 13.0 Å². The van der Waals surface area contributed by atoms with Crippen molar-refractivity contribution in [1.82, 2.24) is 4.90 Å². The van der Waals surface area contributed by atoms with Crippen molar-refractivity contribution in [2.75, 3.05) is 39.6 Å². The molecule has 1 unspecified atom stereocenters. The number of rotatable bonds is 6. The van der Waals surface area contributed by atoms with Crippen LogP contribution in [0.2, 0.25) is 0 Å². The molecule has 1 amide bonds. The van der Waals surface area contributed by atoms with Gasteiger partial charge in [-0.05, 0) is 42.8 Å². The molecule has 7 nitrogen and oxygen atoms in total. The van der Waals surface area contributed by atoms with Crippen molar-refractivity contribution in [3.8, 4) is 23.0 Å². The first-order valence-electron chi connectivity index (χ1n) is 11.1. The summed E-state index contributed by atoms with van der Waals surface area (Å²) in [7, 11) is 0. The molecule has 0 spiro atoms. The fourth-order valence-corrected chi connectivity index (χ4v) is 4.77. The molecule has 0 aliphatic carbocycles. The fourth-order valence-electron chi connectivity index (χ4n) is 4.77. The Bertz CT molecular complexity index is 963. The lowest BCUT2D eigenvalue weighted by molar-refractivity contribution is -0.909. The molecule has 0 bridgehead atoms. The minimum atomic E-state index is 0.00976. The Kier molecular flexibility index (Phi) is 5.59. The van der Waals surface area contributed by atoms with Crippen molar-refractivity contribution in [2.45, 2.75) is 32.4 Å². The molecule has 0 radical (unpaired) electrons. The van der Waals surface area contributed by atoms with Crippen LogP contribution in [0.25, 0.3) is 0 Å². The molecule has 3 heterocycles. The number of nitrogens with zero attached hydrogens (tertiary/aromatic N) is 1. The zero-order chi connectivity index (χ0) is 21.2. The van der Waals surface area contributed by atoms with Crippen molar-refractivity contribution in [3.63, 3.8) is 0 Å². The van der Waals surface area contributed by atoms with Gasteiger partial charge in [0.05, 0.1) is 19.6 Å². The maximum absolute atomic E-state index is 13.6. The Morgan fingerprint density at radius 1 is 1.00 bits per heavy atom. The highest BCUT2D eigenvalue weighted by atomic mass is 16.7. The van der Waals surface area contributed by atoms with Gasteiger partial charge in [0, 0.05) is 24.9 Å². The van der Waals surface area contributed by atoms with E-state index in [0.717, 1.165) is 36.6 Å². The highest BCUT2D eigenvalue weighted by Crippen LogP contribution is 2.34. The van der Waals surface area contributed by atoms with Crippen LogP contribution in [0.15, 0.2) is 36.4 Å². The number of hydrogen-bond donors (Lipinski definition) is 1. The van der Waals surface area contributed by atoms with Crippen molar-refractivity contribution in [3.05, 3.63) is 47.5 Å². The zero-order valence-corrected chi connectivity index (χ0v) is 17.9. The lowest BCUT2D eigenvalue weighted by atomic mass is 10.1. The van der Waals surface area contributed by atoms with Gasteiger partial charge >= 0.3 is 0 Å². The second kappa shape index (κ2) is 8.67. The first-order chi connectivity index (χ1) is 15.2. The molecule has 0 saturated carbocycles. The molecule has 3 aliphatic heterocycles. The summed E-state index contributed by atoms with van der Waals surface area (Å²) in [5.41, 5.74) is 1.66. The molecule has 1 fully saturated rings. The van der Waals surface area contributed by atoms with Crippen molar-refractivity contribution < 1.29 is 28.6 Å². The van der Waals surface area contributed by atoms with Gasteiger partial charge in [-0.3, -0.25) is 4.79 Å². The van der Waals surface area contributed by atoms with E-state index in [1.54, 1.807) is 11.0 Å². The summed E-state index contributed by atoms with van der Waals surface area (Å²) in [6, 6.07) is 11.8. The minimum Gasteiger partial charge on any atom is -0.486 e. The topological polar surface area (TPSA) is 61.7 Å². The third kappa shape index (κ3) is 4.14. The van der Waals surface area contributed by atoms with E-state index >= 15 is 0 Å². The lowest BCUT2D eigenvalue weighted by Crippen LogP contribution is -3.14. The smallest absolute Gasteiger partial charge is 0.254 e. The maximum Gasteiger partial charge on any atom is 0.254 e. The molecular weight excluding hydrogens is 396 g/mol. The van der Waals surface area contributed by atoms with Gasteiger partial charge in [0.2, 0.25) is 6.79 Å². The Balaban J connectivity index is 1.40. The third-order valence-electron chi connectivity index (χ3n) is 6.41. The minimum absolute atomic E-state index is 0.00976. The van der Waals surface area contributed by atoms with Crippen molar-refractivity contribution in [1.29, 1.82) is 0 Å². The number of carbonyl (C=O) groups excluding carboxylic acids is 1. The Hall–Kier alpha value is -2.93. The van der Waals surface area contributed by atoms with Crippen LogP contribution in [-0.2, 0) is 6.54 Å². The van der Waals surface area contributed by atoms with Gasteiger partial charge in [0.1, 0.15) is 19.3 Å². The van der Waals surface area contributed by atoms with Crippen molar-refractivity contribution in [2.24, 2.45) is 0 Å². The zero-order valence-electron chi connectivity index (χ0n) is 17.9. The SMILES string of the molecule is CC[NH+]1CCC[C@@H]1CN(Cc1ccc2c(c1)OCCO2)C(=O)c1ccc2c(c1)OCO2. The Morgan fingerprint density at radius 3 is 2.61 bits per heavy atom. The molecule has 2 aromatic carbocycles. The van der Waals surface area contributed by atoms with Crippen LogP contribution in [0.3, 0.4) is 0 Å². The average molecular weight is 426 g/mol. The Labute approximate surface area is 182 Å². The van der Waals surface area contributed by atoms with Crippen molar-refractivity contribution >= 4 is 5.91 Å². The van der Waals surface area contributed by atoms with Crippen LogP contribution in [-0.4, -0.2) is 56.5 Å². The fraction of sp³-hybridized carbons (Fsp3) is 0.458. The summed E-state index contributed by atoms with van der Waals surface area (Å²) in [6.45, 7) is 7.05. The van der Waals surface area contributed by atoms with Crippen LogP contribution in [0.5, 0.6) is 23.0 Å². The summed E-state index contributed by atoms with van der Waals surface area (Å²) < 4.78 is 22.3. The van der Waals surface area contributed by atoms with E-state index in [0.29, 0.717) is 42.9 Å². The number of likely N-dealkylation sites (N-methyl/N-ethyl adjacent to an activating group) is 1. The number of ether oxygens (including phenoxy) is 4. The number of hydrogen-bond acceptors (Lipinski definition) is 5. The number of carbonyl (C=O) groups is 1. The molecule has 2 atom stereocenters. The maximum atomic E-state index is 13.6. The van der Waals surface area contributed by atoms with Gasteiger partial charge in [0.25, 0.3) is 5.91 Å². The molecule has 7 heteroatoms. The van der Waals surface area contributed by atoms with Crippen LogP contribution >= 0.6 is 0 Å². The molecule has 31 heavy (non-hydrogen) atoms. The van der Waals surface area contributed by atoms with Crippen LogP contribution in [0, 0.1) is 0 Å². The van der Waals surface area contributed by atoms with Gasteiger partial charge in [-0.2, -0.15) is 0 Å². The number of nitrogens with one attached hydrogen (secondary N) is 1. The van der Waals surface area contributed by atoms with Gasteiger partial charge in [-0.15, -0.1) is 0 Å². The molecule has 1 N–H and O–H groups in total. The summed E-state index contributed by atoms with van der Waals surface area (Å²) in [4.78, 5) is 17.1. The highest BCUT2D eigenvalue weighted by Gasteiger charge is 2.31. The van der Waals surface area contributed by atoms with E-state index in [9.17, 15) is 4.79 Å². The second-order valence-electron chi connectivity index (χ2n) is 8.33. The van der Waals surface area contributed by atoms with Gasteiger partial charge in [0.15, 0.2) is 23.0 Å². The quantitative estimate of drug-likeness (QED) is 0.766. The molecular formula is C24H29N2O5+. The predicted molar refractivity (Wildman–Crippen MR) is 114 cm³/mol. The first-order valence-corrected chi connectivity index (χ1v) is 11.1. The summed E-state index contributed by atoms with van der Waals surface area (Å²) >= 11 is 0. The standard InChI is InChI=1S/C24H28N2O5/c1-2-25-9-3-4-19(25)15-26(14-17-5-7-20-22(12-17)29-11-10-28-20)24(27)18-6-8-21-23(13-18)31-16-30-21/h5-8,12-13,19H,2-4,9-11,14-16H2,1H3/p+1/t19-/m1/s1. The molecule has 164 valence electrons. The first kappa shape index (κ1) is 20.0. The second-order valence-corrected chi connectivity index (χ2v) is 8.33. The number of quaternary nitrogens is 1. The summed E-state index contributed by atoms with van der Waals surface area (Å²) in [5.74, 6) is 2.84. The highest BCUT2D eigenvalue weighted by molar-refractivity contribution is 5.95. The van der Waals surface area contributed by atoms with Crippen LogP contribution < -0.4 is 23.8 Å². The van der Waals surface area contributed by atoms with Crippen LogP contribution in [0.4, 0.5) is 0 Å². The third-order valence-corrected chi connectivity index (χ3v) is 6.41. The summed E-state index contributed by atoms with van der Waals surface area (Å²) in [6.07, 6.45) is 2.36. The predicted octanol–water partition coefficient (Wildman–Crippen LogP) is 1.90. The number of fused-ring (bicyclic) bond motifs is 2. The monoisotopic (exact) mass is 425 g/mol. The number of likely N-dealkylation sites (tertiary alicyclic amines) is 1. The molecule has 0 aromatic heterocycles. The van der Waals surface area contributed by atoms with Gasteiger partial charge in [-0.1, -0.05) is 6.07 Å². The number of benzene rings is 2. The average Bonchev–Trinajstić information content (AvgIpc) is 3.46. The van der Waals surface area contributed by atoms with E-state index in [2.05, 4.69) is 6.92 Å². The van der Waals surface area contributed by atoms with Crippen LogP contribution in [0.1, 0.15) is 35.7 Å². The molecule has 2 aromatic rings. The summed E-state index contributed by atoms with van der Waals surface area (Å²) in [5, 5.41) is 0.